The van der Waals surface area contributed by atoms with E-state index in [4.69, 9.17) is 37.9 Å². The third-order valence-corrected chi connectivity index (χ3v) is 15.6. The van der Waals surface area contributed by atoms with Crippen molar-refractivity contribution in [3.63, 3.8) is 0 Å². The lowest BCUT2D eigenvalue weighted by molar-refractivity contribution is -0.373. The highest BCUT2D eigenvalue weighted by Gasteiger charge is 2.70. The number of ketones is 2. The molecule has 10 atom stereocenters. The molecule has 3 N–H and O–H groups in total. The summed E-state index contributed by atoms with van der Waals surface area (Å²) >= 11 is 0. The monoisotopic (exact) mass is 990 g/mol. The average Bonchev–Trinajstić information content (AvgIpc) is 3.61. The lowest BCUT2D eigenvalue weighted by Crippen LogP contribution is -2.72. The summed E-state index contributed by atoms with van der Waals surface area (Å²) in [4.78, 5) is 42.9. The van der Waals surface area contributed by atoms with Crippen LogP contribution in [-0.4, -0.2) is 99.9 Å². The van der Waals surface area contributed by atoms with Gasteiger partial charge in [0.2, 0.25) is 6.29 Å². The van der Waals surface area contributed by atoms with E-state index in [1.165, 1.54) is 18.8 Å². The Balaban J connectivity index is 1.37. The average molecular weight is 991 g/mol. The number of methoxy groups -OCH3 is 1. The predicted molar refractivity (Wildman–Crippen MR) is 269 cm³/mol. The van der Waals surface area contributed by atoms with E-state index in [1.54, 1.807) is 32.9 Å². The van der Waals surface area contributed by atoms with Crippen molar-refractivity contribution < 1.29 is 67.6 Å². The van der Waals surface area contributed by atoms with Gasteiger partial charge in [-0.15, -0.1) is 0 Å². The Morgan fingerprint density at radius 3 is 2.32 bits per heavy atom. The summed E-state index contributed by atoms with van der Waals surface area (Å²) in [7, 11) is 1.27. The number of fused-ring (bicyclic) bond motifs is 7. The lowest BCUT2D eigenvalue weighted by atomic mass is 9.54. The largest absolute Gasteiger partial charge is 0.482 e. The third-order valence-electron chi connectivity index (χ3n) is 15.6. The van der Waals surface area contributed by atoms with Crippen LogP contribution in [0.1, 0.15) is 141 Å². The smallest absolute Gasteiger partial charge is 0.333 e. The molecule has 9 rings (SSSR count). The molecule has 2 aromatic rings. The van der Waals surface area contributed by atoms with Gasteiger partial charge in [0, 0.05) is 52.5 Å². The quantitative estimate of drug-likeness (QED) is 0.110. The third kappa shape index (κ3) is 8.39. The van der Waals surface area contributed by atoms with Gasteiger partial charge in [-0.25, -0.2) is 4.79 Å². The van der Waals surface area contributed by atoms with Crippen LogP contribution in [0.15, 0.2) is 76.4 Å². The Hall–Kier alpha value is -5.35. The zero-order valence-corrected chi connectivity index (χ0v) is 43.6. The highest BCUT2D eigenvalue weighted by Crippen LogP contribution is 2.66. The van der Waals surface area contributed by atoms with Gasteiger partial charge in [-0.2, -0.15) is 0 Å². The first kappa shape index (κ1) is 51.5. The van der Waals surface area contributed by atoms with Crippen molar-refractivity contribution in [3.8, 4) is 17.2 Å². The Morgan fingerprint density at radius 1 is 0.931 bits per heavy atom. The van der Waals surface area contributed by atoms with E-state index < -0.39 is 76.9 Å². The zero-order valence-electron chi connectivity index (χ0n) is 43.6. The van der Waals surface area contributed by atoms with Gasteiger partial charge in [-0.3, -0.25) is 9.59 Å². The van der Waals surface area contributed by atoms with E-state index in [1.807, 2.05) is 85.8 Å². The van der Waals surface area contributed by atoms with Gasteiger partial charge in [-0.1, -0.05) is 74.4 Å². The fourth-order valence-electron chi connectivity index (χ4n) is 11.9. The predicted octanol–water partition coefficient (Wildman–Crippen LogP) is 9.07. The minimum absolute atomic E-state index is 0.00567. The fraction of sp³-hybridized carbons (Fsp3) is 0.534. The topological polar surface area (TPSA) is 186 Å². The summed E-state index contributed by atoms with van der Waals surface area (Å²) in [5.41, 5.74) is 0.192. The van der Waals surface area contributed by atoms with Crippen molar-refractivity contribution in [1.82, 2.24) is 0 Å². The highest BCUT2D eigenvalue weighted by atomic mass is 16.8. The second-order valence-corrected chi connectivity index (χ2v) is 22.0. The number of hydrogen-bond acceptors (Lipinski definition) is 14. The molecule has 72 heavy (non-hydrogen) atoms. The van der Waals surface area contributed by atoms with Crippen LogP contribution in [0.2, 0.25) is 0 Å². The molecule has 7 aliphatic rings. The van der Waals surface area contributed by atoms with Crippen LogP contribution in [0.25, 0.3) is 17.6 Å². The summed E-state index contributed by atoms with van der Waals surface area (Å²) in [5, 5.41) is 37.6. The normalized spacial score (nSPS) is 32.1. The second-order valence-electron chi connectivity index (χ2n) is 22.0. The standard InChI is InChI=1S/C58H70O14/c1-29(2)16-15-25-56(11)26-24-37-47(71-56)36(20-19-30(3)4)50-42(49(37)69-54-46(62)45(61)51-39(67-54)28-66-55(9,10)70-51)52-43(33(8)41-44(60)34-17-13-14-18-35(34)48(41)68-52)58(72-50)38(31(5)6)21-22-40(59)57(58,64)27-23-32(7)53(63)65-12/h13-14,16-19,23-24,26,31,33,38-39,45-46,51,54,61-62,64H,15,20-22,25,27-28H2,1-12H3/b32-23-/t33?,38?,39-,45-,46-,51-,54+,56?,57?,58?/m1/s1. The minimum atomic E-state index is -2.36. The summed E-state index contributed by atoms with van der Waals surface area (Å²) in [5.74, 6) is -2.90. The maximum absolute atomic E-state index is 15.1. The van der Waals surface area contributed by atoms with Crippen molar-refractivity contribution in [2.45, 2.75) is 168 Å². The number of Topliss-reactive ketones (excluding diaryl/α,β-unsaturated/α-hetero) is 2. The van der Waals surface area contributed by atoms with Crippen LogP contribution < -0.4 is 14.2 Å². The Labute approximate surface area is 422 Å². The van der Waals surface area contributed by atoms with Crippen molar-refractivity contribution >= 4 is 35.1 Å². The van der Waals surface area contributed by atoms with Crippen LogP contribution >= 0.6 is 0 Å². The number of allylic oxidation sites excluding steroid dienone is 5. The number of esters is 1. The number of benzene rings is 2. The van der Waals surface area contributed by atoms with E-state index in [9.17, 15) is 24.9 Å². The fourth-order valence-corrected chi connectivity index (χ4v) is 11.9. The molecular formula is C58H70O14. The zero-order chi connectivity index (χ0) is 52.0. The van der Waals surface area contributed by atoms with Gasteiger partial charge < -0.3 is 53.2 Å². The highest BCUT2D eigenvalue weighted by molar-refractivity contribution is 6.21. The molecule has 5 heterocycles. The van der Waals surface area contributed by atoms with Crippen molar-refractivity contribution in [3.05, 3.63) is 104 Å². The Morgan fingerprint density at radius 2 is 1.64 bits per heavy atom. The Bertz CT molecular complexity index is 2780. The summed E-state index contributed by atoms with van der Waals surface area (Å²) in [6.07, 6.45) is 4.74. The van der Waals surface area contributed by atoms with E-state index in [2.05, 4.69) is 6.08 Å². The SMILES string of the molecule is COC(=O)/C(C)=C\CC1(O)C(=O)CCC(C(C)C)C12Oc1c(CC=C(C)C)c3c(c(O[C@@H]4O[C@@H]5COC(C)(C)O[C@H]5[C@H](O)[C@H]4O)c1C1=C2C(C)C2=C(O1)c1ccccc1C2=O)C=CC(C)(CCC=C(C)C)O3. The van der Waals surface area contributed by atoms with Gasteiger partial charge in [0.05, 0.1) is 24.9 Å². The molecule has 0 bridgehead atoms. The molecule has 3 fully saturated rings. The molecule has 1 saturated carbocycles. The van der Waals surface area contributed by atoms with Gasteiger partial charge in [0.25, 0.3) is 0 Å². The van der Waals surface area contributed by atoms with E-state index in [0.717, 1.165) is 5.57 Å². The van der Waals surface area contributed by atoms with E-state index in [0.29, 0.717) is 64.2 Å². The molecular weight excluding hydrogens is 921 g/mol. The van der Waals surface area contributed by atoms with E-state index in [-0.39, 0.29) is 66.0 Å². The van der Waals surface area contributed by atoms with Gasteiger partial charge in [-0.05, 0) is 99.1 Å². The number of aliphatic hydroxyl groups is 3. The number of rotatable bonds is 11. The van der Waals surface area contributed by atoms with Crippen LogP contribution in [0.4, 0.5) is 0 Å². The maximum Gasteiger partial charge on any atom is 0.333 e. The summed E-state index contributed by atoms with van der Waals surface area (Å²) in [6.45, 7) is 21.0. The van der Waals surface area contributed by atoms with Crippen LogP contribution in [-0.2, 0) is 39.7 Å². The second kappa shape index (κ2) is 18.9. The lowest BCUT2D eigenvalue weighted by Gasteiger charge is -2.59. The molecule has 0 amide bonds. The van der Waals surface area contributed by atoms with Gasteiger partial charge in [0.1, 0.15) is 64.3 Å². The molecule has 2 saturated heterocycles. The molecule has 2 aromatic carbocycles. The molecule has 386 valence electrons. The molecule has 5 unspecified atom stereocenters. The molecule has 0 aromatic heterocycles. The molecule has 5 aliphatic heterocycles. The molecule has 14 nitrogen and oxygen atoms in total. The number of carbonyl (C=O) groups excluding carboxylic acids is 3. The number of hydrogen-bond donors (Lipinski definition) is 3. The Kier molecular flexibility index (Phi) is 13.5. The maximum atomic E-state index is 15.1. The number of ether oxygens (including phenoxy) is 8. The van der Waals surface area contributed by atoms with Crippen LogP contribution in [0.3, 0.4) is 0 Å². The molecule has 14 heteroatoms. The first-order valence-electron chi connectivity index (χ1n) is 25.4. The first-order chi connectivity index (χ1) is 34.0. The van der Waals surface area contributed by atoms with Gasteiger partial charge in [0.15, 0.2) is 28.6 Å². The van der Waals surface area contributed by atoms with Crippen molar-refractivity contribution in [2.24, 2.45) is 17.8 Å². The number of carbonyl (C=O) groups is 3. The summed E-state index contributed by atoms with van der Waals surface area (Å²) in [6, 6.07) is 7.21. The molecule has 1 spiro atoms. The van der Waals surface area contributed by atoms with Crippen LogP contribution in [0, 0.1) is 17.8 Å². The molecule has 2 aliphatic carbocycles. The van der Waals surface area contributed by atoms with Crippen LogP contribution in [0.5, 0.6) is 17.2 Å². The van der Waals surface area contributed by atoms with Crippen molar-refractivity contribution in [1.29, 1.82) is 0 Å². The van der Waals surface area contributed by atoms with Crippen molar-refractivity contribution in [2.75, 3.05) is 13.7 Å². The minimum Gasteiger partial charge on any atom is -0.482 e. The van der Waals surface area contributed by atoms with Gasteiger partial charge >= 0.3 is 5.97 Å². The summed E-state index contributed by atoms with van der Waals surface area (Å²) < 4.78 is 53.1. The number of aliphatic hydroxyl groups excluding tert-OH is 2. The first-order valence-corrected chi connectivity index (χ1v) is 25.4. The molecule has 0 radical (unpaired) electrons. The van der Waals surface area contributed by atoms with E-state index >= 15 is 4.79 Å².